The first-order chi connectivity index (χ1) is 30.0. The first-order valence-electron chi connectivity index (χ1n) is 20.6. The van der Waals surface area contributed by atoms with E-state index < -0.39 is 145 Å². The highest BCUT2D eigenvalue weighted by Crippen LogP contribution is 2.12. The summed E-state index contributed by atoms with van der Waals surface area (Å²) in [5.74, 6) is -13.6. The molecule has 0 aromatic heterocycles. The molecule has 0 aliphatic carbocycles. The van der Waals surface area contributed by atoms with E-state index in [4.69, 9.17) is 10.2 Å². The third-order valence-corrected chi connectivity index (χ3v) is 9.30. The summed E-state index contributed by atoms with van der Waals surface area (Å²) in [5.41, 5.74) is 0.296. The van der Waals surface area contributed by atoms with Crippen molar-refractivity contribution in [2.75, 3.05) is 26.2 Å². The first kappa shape index (κ1) is 55.1. The molecule has 0 bridgehead atoms. The first-order valence-corrected chi connectivity index (χ1v) is 20.6. The Labute approximate surface area is 369 Å². The maximum Gasteiger partial charge on any atom is 0.322 e. The molecule has 0 saturated carbocycles. The number of Topliss-reactive ketones (excluding diaryl/α,β-unsaturated/α-hetero) is 1. The Kier molecular flexibility index (Phi) is 24.0. The molecule has 0 spiro atoms. The number of aliphatic carboxylic acids is 3. The van der Waals surface area contributed by atoms with E-state index in [0.29, 0.717) is 12.0 Å². The van der Waals surface area contributed by atoms with Gasteiger partial charge in [-0.25, -0.2) is 0 Å². The maximum atomic E-state index is 14.3. The molecule has 1 rings (SSSR count). The van der Waals surface area contributed by atoms with Crippen LogP contribution in [0, 0.1) is 11.8 Å². The van der Waals surface area contributed by atoms with Crippen molar-refractivity contribution in [3.63, 3.8) is 0 Å². The summed E-state index contributed by atoms with van der Waals surface area (Å²) in [7, 11) is 0. The number of hydrogen-bond acceptors (Lipinski definition) is 12. The number of carboxylic acid groups (broad SMARTS) is 3. The minimum Gasteiger partial charge on any atom is -0.481 e. The van der Waals surface area contributed by atoms with Crippen molar-refractivity contribution >= 4 is 70.9 Å². The van der Waals surface area contributed by atoms with Crippen LogP contribution in [0.4, 0.5) is 0 Å². The molecule has 10 N–H and O–H groups in total. The lowest BCUT2D eigenvalue weighted by Gasteiger charge is -2.32. The van der Waals surface area contributed by atoms with Crippen LogP contribution in [0.1, 0.15) is 90.4 Å². The van der Waals surface area contributed by atoms with Gasteiger partial charge < -0.3 is 57.4 Å². The molecule has 0 heterocycles. The molecule has 0 fully saturated rings. The lowest BCUT2D eigenvalue weighted by atomic mass is 9.98. The average molecular weight is 905 g/mol. The predicted molar refractivity (Wildman–Crippen MR) is 225 cm³/mol. The molecule has 0 aliphatic heterocycles. The molecule has 0 aliphatic rings. The van der Waals surface area contributed by atoms with Gasteiger partial charge in [0.15, 0.2) is 0 Å². The fourth-order valence-corrected chi connectivity index (χ4v) is 5.97. The lowest BCUT2D eigenvalue weighted by molar-refractivity contribution is -0.143. The van der Waals surface area contributed by atoms with Crippen LogP contribution >= 0.6 is 0 Å². The molecule has 1 aromatic rings. The van der Waals surface area contributed by atoms with Gasteiger partial charge in [0.25, 0.3) is 11.8 Å². The van der Waals surface area contributed by atoms with Gasteiger partial charge in [-0.3, -0.25) is 57.5 Å². The number of benzene rings is 1. The Morgan fingerprint density at radius 1 is 0.609 bits per heavy atom. The Balaban J connectivity index is 3.44. The van der Waals surface area contributed by atoms with Crippen molar-refractivity contribution in [1.82, 2.24) is 42.1 Å². The maximum absolute atomic E-state index is 14.3. The molecule has 23 nitrogen and oxygen atoms in total. The van der Waals surface area contributed by atoms with Crippen molar-refractivity contribution < 1.29 is 72.9 Å². The second-order valence-corrected chi connectivity index (χ2v) is 15.4. The number of nitrogens with one attached hydrogen (secondary N) is 7. The van der Waals surface area contributed by atoms with Gasteiger partial charge in [-0.1, -0.05) is 59.2 Å². The molecule has 64 heavy (non-hydrogen) atoms. The fourth-order valence-electron chi connectivity index (χ4n) is 5.97. The van der Waals surface area contributed by atoms with Crippen LogP contribution < -0.4 is 37.2 Å². The lowest BCUT2D eigenvalue weighted by Crippen LogP contribution is -2.61. The minimum atomic E-state index is -1.59. The van der Waals surface area contributed by atoms with E-state index in [1.165, 1.54) is 0 Å². The van der Waals surface area contributed by atoms with Crippen LogP contribution in [-0.2, 0) is 52.7 Å². The van der Waals surface area contributed by atoms with Crippen molar-refractivity contribution in [2.45, 2.75) is 110 Å². The summed E-state index contributed by atoms with van der Waals surface area (Å²) in [5, 5.41) is 44.0. The molecular weight excluding hydrogens is 844 g/mol. The van der Waals surface area contributed by atoms with E-state index >= 15 is 0 Å². The molecule has 5 atom stereocenters. The normalized spacial score (nSPS) is 13.1. The second-order valence-electron chi connectivity index (χ2n) is 15.4. The molecule has 0 unspecified atom stereocenters. The van der Waals surface area contributed by atoms with Gasteiger partial charge in [0, 0.05) is 38.4 Å². The van der Waals surface area contributed by atoms with Crippen molar-refractivity contribution in [3.05, 3.63) is 35.9 Å². The summed E-state index contributed by atoms with van der Waals surface area (Å²) >= 11 is 0. The predicted octanol–water partition coefficient (Wildman–Crippen LogP) is -1.70. The fraction of sp³-hybridized carbons (Fsp3) is 0.561. The summed E-state index contributed by atoms with van der Waals surface area (Å²) < 4.78 is 0. The van der Waals surface area contributed by atoms with Crippen molar-refractivity contribution in [2.24, 2.45) is 11.8 Å². The minimum absolute atomic E-state index is 0.0272. The highest BCUT2D eigenvalue weighted by Gasteiger charge is 2.36. The highest BCUT2D eigenvalue weighted by atomic mass is 16.4. The van der Waals surface area contributed by atoms with Crippen LogP contribution in [0.2, 0.25) is 0 Å². The van der Waals surface area contributed by atoms with Crippen LogP contribution in [0.15, 0.2) is 30.3 Å². The number of nitrogens with zero attached hydrogens (tertiary/aromatic N) is 1. The zero-order valence-corrected chi connectivity index (χ0v) is 36.7. The summed E-state index contributed by atoms with van der Waals surface area (Å²) in [4.78, 5) is 153. The summed E-state index contributed by atoms with van der Waals surface area (Å²) in [6.45, 7) is 6.86. The van der Waals surface area contributed by atoms with Gasteiger partial charge in [-0.05, 0) is 43.2 Å². The summed E-state index contributed by atoms with van der Waals surface area (Å²) in [6, 6.07) is 0.848. The Bertz CT molecular complexity index is 1860. The monoisotopic (exact) mass is 904 g/mol. The number of ketones is 1. The number of rotatable bonds is 29. The van der Waals surface area contributed by atoms with Crippen LogP contribution in [0.5, 0.6) is 0 Å². The second kappa shape index (κ2) is 27.9. The SMILES string of the molecule is CCC[C@H](NC(=O)CN(CCNC(=O)c1ccccc1)C(=O)[C@@H](NC(=O)[C@@H](NC(=O)[C@H](CCC(=O)O)NC(=O)[C@H](CCC(=O)O)NC(C)=O)C(C)C)C(C)C)C(=O)C(=O)NCC(=O)O. The molecular formula is C41H60N8O15. The van der Waals surface area contributed by atoms with E-state index in [1.54, 1.807) is 65.0 Å². The molecule has 354 valence electrons. The number of hydrogen-bond donors (Lipinski definition) is 10. The van der Waals surface area contributed by atoms with Gasteiger partial charge >= 0.3 is 17.9 Å². The number of carboxylic acids is 3. The smallest absolute Gasteiger partial charge is 0.322 e. The molecule has 0 saturated heterocycles. The number of carbonyl (C=O) groups excluding carboxylic acids is 9. The third kappa shape index (κ3) is 20.3. The van der Waals surface area contributed by atoms with Gasteiger partial charge in [0.05, 0.1) is 12.6 Å². The third-order valence-electron chi connectivity index (χ3n) is 9.30. The average Bonchev–Trinajstić information content (AvgIpc) is 3.22. The summed E-state index contributed by atoms with van der Waals surface area (Å²) in [6.07, 6.45) is -1.72. The van der Waals surface area contributed by atoms with Gasteiger partial charge in [-0.2, -0.15) is 0 Å². The van der Waals surface area contributed by atoms with Crippen LogP contribution in [0.25, 0.3) is 0 Å². The van der Waals surface area contributed by atoms with E-state index in [0.717, 1.165) is 11.8 Å². The Morgan fingerprint density at radius 2 is 1.14 bits per heavy atom. The van der Waals surface area contributed by atoms with E-state index in [2.05, 4.69) is 31.9 Å². The van der Waals surface area contributed by atoms with Crippen LogP contribution in [-0.4, -0.2) is 148 Å². The zero-order chi connectivity index (χ0) is 48.7. The highest BCUT2D eigenvalue weighted by molar-refractivity contribution is 6.38. The molecule has 8 amide bonds. The number of amides is 8. The topological polar surface area (TPSA) is 353 Å². The van der Waals surface area contributed by atoms with Crippen molar-refractivity contribution in [3.8, 4) is 0 Å². The Morgan fingerprint density at radius 3 is 1.64 bits per heavy atom. The van der Waals surface area contributed by atoms with Gasteiger partial charge in [0.1, 0.15) is 30.7 Å². The standard InChI is InChI=1S/C41H60N8O15/c1-7-11-26(35(58)40(63)43-20-32(56)57)45-29(51)21-49(19-18-42-36(59)25-12-9-8-10-13-25)41(64)34(23(4)5)48-39(62)33(22(2)3)47-38(61)28(15-17-31(54)55)46-37(60)27(44-24(6)50)14-16-30(52)53/h8-10,12-13,22-23,26-28,33-34H,7,11,14-21H2,1-6H3,(H,42,59)(H,43,63)(H,44,50)(H,45,51)(H,46,60)(H,47,61)(H,48,62)(H,52,53)(H,54,55)(H,56,57)/t26-,27-,28-,33-,34-/m0/s1. The molecule has 0 radical (unpaired) electrons. The van der Waals surface area contributed by atoms with Gasteiger partial charge in [0.2, 0.25) is 41.2 Å². The Hall–Kier alpha value is -6.94. The van der Waals surface area contributed by atoms with Crippen LogP contribution in [0.3, 0.4) is 0 Å². The van der Waals surface area contributed by atoms with E-state index in [9.17, 15) is 62.6 Å². The molecule has 23 heteroatoms. The quantitative estimate of drug-likeness (QED) is 0.0401. The molecule has 1 aromatic carbocycles. The van der Waals surface area contributed by atoms with Gasteiger partial charge in [-0.15, -0.1) is 0 Å². The zero-order valence-electron chi connectivity index (χ0n) is 36.7. The largest absolute Gasteiger partial charge is 0.481 e. The van der Waals surface area contributed by atoms with Crippen molar-refractivity contribution in [1.29, 1.82) is 0 Å². The van der Waals surface area contributed by atoms with E-state index in [1.807, 2.05) is 5.32 Å². The van der Waals surface area contributed by atoms with E-state index in [-0.39, 0.29) is 25.9 Å². The number of carbonyl (C=O) groups is 12.